The fourth-order valence-corrected chi connectivity index (χ4v) is 3.75. The van der Waals surface area contributed by atoms with E-state index in [9.17, 15) is 0 Å². The van der Waals surface area contributed by atoms with Crippen LogP contribution < -0.4 is 9.47 Å². The SMILES string of the molecule is COc1ccccc1OCCCCn1c(CN2CCOCC2)nc2ccccc21. The van der Waals surface area contributed by atoms with Gasteiger partial charge in [0.1, 0.15) is 5.82 Å². The molecule has 0 radical (unpaired) electrons. The summed E-state index contributed by atoms with van der Waals surface area (Å²) < 4.78 is 19.1. The summed E-state index contributed by atoms with van der Waals surface area (Å²) in [5.74, 6) is 2.72. The average molecular weight is 396 g/mol. The molecule has 0 spiro atoms. The molecule has 1 fully saturated rings. The van der Waals surface area contributed by atoms with Gasteiger partial charge in [-0.2, -0.15) is 0 Å². The number of rotatable bonds is 9. The number of fused-ring (bicyclic) bond motifs is 1. The van der Waals surface area contributed by atoms with Gasteiger partial charge >= 0.3 is 0 Å². The fraction of sp³-hybridized carbons (Fsp3) is 0.435. The van der Waals surface area contributed by atoms with Gasteiger partial charge in [0.2, 0.25) is 0 Å². The highest BCUT2D eigenvalue weighted by Crippen LogP contribution is 2.26. The summed E-state index contributed by atoms with van der Waals surface area (Å²) in [5, 5.41) is 0. The second-order valence-corrected chi connectivity index (χ2v) is 7.26. The third-order valence-electron chi connectivity index (χ3n) is 5.31. The first kappa shape index (κ1) is 19.7. The lowest BCUT2D eigenvalue weighted by Gasteiger charge is -2.26. The van der Waals surface area contributed by atoms with Crippen LogP contribution in [0.4, 0.5) is 0 Å². The third-order valence-corrected chi connectivity index (χ3v) is 5.31. The van der Waals surface area contributed by atoms with Crippen molar-refractivity contribution in [2.75, 3.05) is 40.0 Å². The fourth-order valence-electron chi connectivity index (χ4n) is 3.75. The van der Waals surface area contributed by atoms with Crippen LogP contribution in [0.2, 0.25) is 0 Å². The average Bonchev–Trinajstić information content (AvgIpc) is 3.11. The number of ether oxygens (including phenoxy) is 3. The second-order valence-electron chi connectivity index (χ2n) is 7.26. The number of hydrogen-bond acceptors (Lipinski definition) is 5. The summed E-state index contributed by atoms with van der Waals surface area (Å²) in [6.45, 7) is 6.03. The Labute approximate surface area is 172 Å². The lowest BCUT2D eigenvalue weighted by atomic mass is 10.3. The highest BCUT2D eigenvalue weighted by molar-refractivity contribution is 5.75. The molecule has 29 heavy (non-hydrogen) atoms. The molecule has 2 heterocycles. The minimum absolute atomic E-state index is 0.672. The molecule has 0 N–H and O–H groups in total. The molecule has 154 valence electrons. The molecule has 4 rings (SSSR count). The van der Waals surface area contributed by atoms with E-state index < -0.39 is 0 Å². The Hall–Kier alpha value is -2.57. The van der Waals surface area contributed by atoms with E-state index in [0.29, 0.717) is 6.61 Å². The molecule has 1 aliphatic heterocycles. The van der Waals surface area contributed by atoms with Crippen LogP contribution in [0, 0.1) is 0 Å². The molecular weight excluding hydrogens is 366 g/mol. The van der Waals surface area contributed by atoms with Crippen molar-refractivity contribution >= 4 is 11.0 Å². The van der Waals surface area contributed by atoms with Gasteiger partial charge < -0.3 is 18.8 Å². The van der Waals surface area contributed by atoms with Gasteiger partial charge in [-0.1, -0.05) is 24.3 Å². The standard InChI is InChI=1S/C23H29N3O3/c1-27-21-10-4-5-11-22(21)29-15-7-6-12-26-20-9-3-2-8-19(20)24-23(26)18-25-13-16-28-17-14-25/h2-5,8-11H,6-7,12-18H2,1H3. The van der Waals surface area contributed by atoms with Gasteiger partial charge in [0.05, 0.1) is 44.5 Å². The van der Waals surface area contributed by atoms with Crippen LogP contribution in [0.25, 0.3) is 11.0 Å². The number of methoxy groups -OCH3 is 1. The van der Waals surface area contributed by atoms with Gasteiger partial charge in [-0.25, -0.2) is 4.98 Å². The number of aryl methyl sites for hydroxylation is 1. The van der Waals surface area contributed by atoms with E-state index in [1.54, 1.807) is 7.11 Å². The molecule has 6 heteroatoms. The quantitative estimate of drug-likeness (QED) is 0.517. The van der Waals surface area contributed by atoms with Gasteiger partial charge in [0.15, 0.2) is 11.5 Å². The van der Waals surface area contributed by atoms with Crippen LogP contribution in [-0.2, 0) is 17.8 Å². The third kappa shape index (κ3) is 4.89. The molecule has 1 saturated heterocycles. The molecule has 0 saturated carbocycles. The van der Waals surface area contributed by atoms with Crippen molar-refractivity contribution in [1.82, 2.24) is 14.5 Å². The maximum absolute atomic E-state index is 5.91. The largest absolute Gasteiger partial charge is 0.493 e. The van der Waals surface area contributed by atoms with E-state index in [2.05, 4.69) is 33.7 Å². The Balaban J connectivity index is 1.37. The van der Waals surface area contributed by atoms with Gasteiger partial charge in [-0.05, 0) is 37.1 Å². The zero-order chi connectivity index (χ0) is 19.9. The van der Waals surface area contributed by atoms with Crippen LogP contribution in [0.15, 0.2) is 48.5 Å². The number of para-hydroxylation sites is 4. The zero-order valence-electron chi connectivity index (χ0n) is 17.0. The number of morpholine rings is 1. The van der Waals surface area contributed by atoms with Crippen molar-refractivity contribution in [2.24, 2.45) is 0 Å². The van der Waals surface area contributed by atoms with Crippen molar-refractivity contribution < 1.29 is 14.2 Å². The van der Waals surface area contributed by atoms with Gasteiger partial charge in [0, 0.05) is 19.6 Å². The van der Waals surface area contributed by atoms with Crippen molar-refractivity contribution in [3.8, 4) is 11.5 Å². The smallest absolute Gasteiger partial charge is 0.161 e. The highest BCUT2D eigenvalue weighted by Gasteiger charge is 2.16. The number of hydrogen-bond donors (Lipinski definition) is 0. The number of aromatic nitrogens is 2. The maximum Gasteiger partial charge on any atom is 0.161 e. The Morgan fingerprint density at radius 2 is 1.72 bits per heavy atom. The zero-order valence-corrected chi connectivity index (χ0v) is 17.0. The van der Waals surface area contributed by atoms with Crippen LogP contribution in [0.5, 0.6) is 11.5 Å². The molecule has 2 aromatic carbocycles. The number of nitrogens with zero attached hydrogens (tertiary/aromatic N) is 3. The molecular formula is C23H29N3O3. The van der Waals surface area contributed by atoms with Crippen LogP contribution >= 0.6 is 0 Å². The predicted octanol–water partition coefficient (Wildman–Crippen LogP) is 3.74. The van der Waals surface area contributed by atoms with Crippen LogP contribution in [-0.4, -0.2) is 54.5 Å². The lowest BCUT2D eigenvalue weighted by Crippen LogP contribution is -2.36. The molecule has 1 aliphatic rings. The van der Waals surface area contributed by atoms with E-state index in [-0.39, 0.29) is 0 Å². The summed E-state index contributed by atoms with van der Waals surface area (Å²) in [6.07, 6.45) is 2.01. The molecule has 0 unspecified atom stereocenters. The van der Waals surface area contributed by atoms with E-state index >= 15 is 0 Å². The monoisotopic (exact) mass is 395 g/mol. The van der Waals surface area contributed by atoms with Crippen molar-refractivity contribution in [1.29, 1.82) is 0 Å². The highest BCUT2D eigenvalue weighted by atomic mass is 16.5. The first-order valence-electron chi connectivity index (χ1n) is 10.4. The van der Waals surface area contributed by atoms with Crippen molar-refractivity contribution in [3.63, 3.8) is 0 Å². The molecule has 0 aliphatic carbocycles. The minimum Gasteiger partial charge on any atom is -0.493 e. The van der Waals surface area contributed by atoms with E-state index in [0.717, 1.165) is 75.1 Å². The summed E-state index contributed by atoms with van der Waals surface area (Å²) in [7, 11) is 1.67. The Bertz CT molecular complexity index is 919. The molecule has 0 bridgehead atoms. The second kappa shape index (κ2) is 9.76. The van der Waals surface area contributed by atoms with Crippen molar-refractivity contribution in [3.05, 3.63) is 54.4 Å². The Morgan fingerprint density at radius 1 is 0.966 bits per heavy atom. The molecule has 3 aromatic rings. The minimum atomic E-state index is 0.672. The summed E-state index contributed by atoms with van der Waals surface area (Å²) >= 11 is 0. The number of unbranched alkanes of at least 4 members (excludes halogenated alkanes) is 1. The molecule has 6 nitrogen and oxygen atoms in total. The summed E-state index contributed by atoms with van der Waals surface area (Å²) in [6, 6.07) is 16.2. The molecule has 0 amide bonds. The summed E-state index contributed by atoms with van der Waals surface area (Å²) in [5.41, 5.74) is 2.28. The normalized spacial score (nSPS) is 14.9. The van der Waals surface area contributed by atoms with Gasteiger partial charge in [-0.3, -0.25) is 4.90 Å². The number of benzene rings is 2. The topological polar surface area (TPSA) is 48.8 Å². The van der Waals surface area contributed by atoms with E-state index in [4.69, 9.17) is 19.2 Å². The van der Waals surface area contributed by atoms with Crippen molar-refractivity contribution in [2.45, 2.75) is 25.9 Å². The van der Waals surface area contributed by atoms with Crippen LogP contribution in [0.3, 0.4) is 0 Å². The van der Waals surface area contributed by atoms with Gasteiger partial charge in [0.25, 0.3) is 0 Å². The molecule has 0 atom stereocenters. The summed E-state index contributed by atoms with van der Waals surface area (Å²) in [4.78, 5) is 7.33. The lowest BCUT2D eigenvalue weighted by molar-refractivity contribution is 0.0326. The van der Waals surface area contributed by atoms with E-state index in [1.165, 1.54) is 5.52 Å². The Morgan fingerprint density at radius 3 is 2.55 bits per heavy atom. The first-order chi connectivity index (χ1) is 14.3. The number of imidazole rings is 1. The van der Waals surface area contributed by atoms with E-state index in [1.807, 2.05) is 24.3 Å². The Kier molecular flexibility index (Phi) is 6.64. The maximum atomic E-state index is 5.91. The predicted molar refractivity (Wildman–Crippen MR) is 114 cm³/mol. The first-order valence-corrected chi connectivity index (χ1v) is 10.4. The van der Waals surface area contributed by atoms with Crippen LogP contribution in [0.1, 0.15) is 18.7 Å². The van der Waals surface area contributed by atoms with Gasteiger partial charge in [-0.15, -0.1) is 0 Å². The molecule has 1 aromatic heterocycles.